The van der Waals surface area contributed by atoms with Crippen molar-refractivity contribution >= 4 is 39.9 Å². The Hall–Kier alpha value is -2.86. The van der Waals surface area contributed by atoms with Crippen molar-refractivity contribution in [2.45, 2.75) is 82.0 Å². The summed E-state index contributed by atoms with van der Waals surface area (Å²) in [6.07, 6.45) is 6.93. The lowest BCUT2D eigenvalue weighted by atomic mass is 9.77. The smallest absolute Gasteiger partial charge is 0.246 e. The van der Waals surface area contributed by atoms with Crippen molar-refractivity contribution < 1.29 is 27.9 Å². The SMILES string of the molecule is CCN1C(=O)[C@@H](CC2(O)CCCCC2)NC(=O)C12CCN(Cc1ccc(Oc3ccc(NS(C)(=O)=O)cc3)cc1)CC2.Cl. The van der Waals surface area contributed by atoms with Gasteiger partial charge in [-0.15, -0.1) is 12.4 Å². The molecule has 3 aliphatic rings. The molecule has 2 aromatic carbocycles. The molecule has 2 saturated heterocycles. The van der Waals surface area contributed by atoms with Crippen LogP contribution in [0, 0.1) is 0 Å². The molecule has 1 atom stereocenters. The lowest BCUT2D eigenvalue weighted by Gasteiger charge is -2.52. The number of nitrogens with zero attached hydrogens (tertiary/aromatic N) is 2. The first kappa shape index (κ1) is 33.0. The maximum atomic E-state index is 13.5. The summed E-state index contributed by atoms with van der Waals surface area (Å²) in [5.74, 6) is 1.11. The fraction of sp³-hybridized carbons (Fsp3) is 0.548. The number of sulfonamides is 1. The molecule has 0 bridgehead atoms. The number of hydrogen-bond donors (Lipinski definition) is 3. The van der Waals surface area contributed by atoms with Crippen LogP contribution in [0.5, 0.6) is 11.5 Å². The maximum Gasteiger partial charge on any atom is 0.246 e. The summed E-state index contributed by atoms with van der Waals surface area (Å²) in [7, 11) is -3.33. The van der Waals surface area contributed by atoms with Crippen molar-refractivity contribution in [2.24, 2.45) is 0 Å². The normalized spacial score (nSPS) is 22.0. The third-order valence-corrected chi connectivity index (χ3v) is 9.51. The Kier molecular flexibility index (Phi) is 10.3. The fourth-order valence-corrected chi connectivity index (χ4v) is 7.27. The monoisotopic (exact) mass is 634 g/mol. The number of carbonyl (C=O) groups is 2. The summed E-state index contributed by atoms with van der Waals surface area (Å²) in [5.41, 5.74) is -0.123. The van der Waals surface area contributed by atoms with Gasteiger partial charge in [0.25, 0.3) is 0 Å². The van der Waals surface area contributed by atoms with Gasteiger partial charge in [0.2, 0.25) is 21.8 Å². The molecule has 1 saturated carbocycles. The number of nitrogens with one attached hydrogen (secondary N) is 2. The lowest BCUT2D eigenvalue weighted by Crippen LogP contribution is -2.73. The van der Waals surface area contributed by atoms with Gasteiger partial charge in [-0.1, -0.05) is 31.4 Å². The number of anilines is 1. The van der Waals surface area contributed by atoms with Crippen molar-refractivity contribution in [2.75, 3.05) is 30.6 Å². The highest BCUT2D eigenvalue weighted by molar-refractivity contribution is 7.92. The van der Waals surface area contributed by atoms with Crippen LogP contribution in [0.3, 0.4) is 0 Å². The van der Waals surface area contributed by atoms with E-state index in [2.05, 4.69) is 14.9 Å². The number of amides is 2. The van der Waals surface area contributed by atoms with E-state index < -0.39 is 27.2 Å². The van der Waals surface area contributed by atoms with E-state index in [4.69, 9.17) is 4.74 Å². The predicted octanol–water partition coefficient (Wildman–Crippen LogP) is 4.04. The van der Waals surface area contributed by atoms with Crippen LogP contribution < -0.4 is 14.8 Å². The summed E-state index contributed by atoms with van der Waals surface area (Å²) < 4.78 is 31.1. The molecule has 0 radical (unpaired) electrons. The molecule has 0 aromatic heterocycles. The summed E-state index contributed by atoms with van der Waals surface area (Å²) in [4.78, 5) is 31.1. The van der Waals surface area contributed by atoms with Gasteiger partial charge in [0.1, 0.15) is 23.1 Å². The zero-order valence-corrected chi connectivity index (χ0v) is 26.5. The number of aliphatic hydroxyl groups is 1. The molecule has 2 amide bonds. The molecular weight excluding hydrogens is 592 g/mol. The van der Waals surface area contributed by atoms with Gasteiger partial charge in [0, 0.05) is 38.3 Å². The van der Waals surface area contributed by atoms with E-state index in [1.807, 2.05) is 31.2 Å². The molecule has 10 nitrogen and oxygen atoms in total. The second-order valence-electron chi connectivity index (χ2n) is 12.1. The molecule has 2 aliphatic heterocycles. The van der Waals surface area contributed by atoms with E-state index in [0.717, 1.165) is 37.6 Å². The maximum absolute atomic E-state index is 13.5. The van der Waals surface area contributed by atoms with Crippen molar-refractivity contribution in [1.29, 1.82) is 0 Å². The number of ether oxygens (including phenoxy) is 1. The molecule has 43 heavy (non-hydrogen) atoms. The zero-order valence-electron chi connectivity index (χ0n) is 24.9. The van der Waals surface area contributed by atoms with Gasteiger partial charge in [-0.3, -0.25) is 19.2 Å². The molecule has 1 spiro atoms. The standard InChI is InChI=1S/C31H42N4O6S.ClH/c1-3-35-28(36)27(21-30(38)15-5-4-6-16-30)32-29(37)31(35)17-19-34(20-18-31)22-23-7-11-25(12-8-23)41-26-13-9-24(10-14-26)33-42(2,39)40;/h7-14,27,33,38H,3-6,15-22H2,1-2H3,(H,32,37);1H/t27-;/m1./s1. The van der Waals surface area contributed by atoms with Gasteiger partial charge in [-0.25, -0.2) is 8.42 Å². The van der Waals surface area contributed by atoms with E-state index in [0.29, 0.717) is 68.9 Å². The largest absolute Gasteiger partial charge is 0.457 e. The minimum atomic E-state index is -3.33. The Balaban J connectivity index is 0.00000423. The number of hydrogen-bond acceptors (Lipinski definition) is 7. The Morgan fingerprint density at radius 1 is 0.953 bits per heavy atom. The summed E-state index contributed by atoms with van der Waals surface area (Å²) in [6, 6.07) is 13.9. The quantitative estimate of drug-likeness (QED) is 0.380. The number of benzene rings is 2. The molecular formula is C31H43ClN4O6S. The van der Waals surface area contributed by atoms with E-state index in [-0.39, 0.29) is 24.2 Å². The number of halogens is 1. The molecule has 1 aliphatic carbocycles. The molecule has 3 N–H and O–H groups in total. The molecule has 236 valence electrons. The van der Waals surface area contributed by atoms with Crippen LogP contribution in [0.15, 0.2) is 48.5 Å². The van der Waals surface area contributed by atoms with Crippen LogP contribution in [0.1, 0.15) is 63.9 Å². The highest BCUT2D eigenvalue weighted by atomic mass is 35.5. The summed E-state index contributed by atoms with van der Waals surface area (Å²) in [6.45, 7) is 4.51. The van der Waals surface area contributed by atoms with Crippen LogP contribution >= 0.6 is 12.4 Å². The number of likely N-dealkylation sites (tertiary alicyclic amines) is 1. The first-order valence-corrected chi connectivity index (χ1v) is 16.8. The molecule has 2 heterocycles. The van der Waals surface area contributed by atoms with Gasteiger partial charge in [0.05, 0.1) is 11.9 Å². The van der Waals surface area contributed by atoms with E-state index in [9.17, 15) is 23.1 Å². The zero-order chi connectivity index (χ0) is 30.0. The van der Waals surface area contributed by atoms with Crippen LogP contribution in [0.4, 0.5) is 5.69 Å². The molecule has 3 fully saturated rings. The minimum absolute atomic E-state index is 0. The van der Waals surface area contributed by atoms with Gasteiger partial charge < -0.3 is 20.1 Å². The summed E-state index contributed by atoms with van der Waals surface area (Å²) in [5, 5.41) is 14.1. The number of carbonyl (C=O) groups excluding carboxylic acids is 2. The van der Waals surface area contributed by atoms with Crippen LogP contribution in [-0.4, -0.2) is 78.2 Å². The van der Waals surface area contributed by atoms with Crippen LogP contribution in [0.25, 0.3) is 0 Å². The third-order valence-electron chi connectivity index (χ3n) is 8.90. The second-order valence-corrected chi connectivity index (χ2v) is 13.8. The fourth-order valence-electron chi connectivity index (χ4n) is 6.71. The highest BCUT2D eigenvalue weighted by Gasteiger charge is 2.54. The first-order chi connectivity index (χ1) is 20.0. The first-order valence-electron chi connectivity index (χ1n) is 14.9. The average Bonchev–Trinajstić information content (AvgIpc) is 2.95. The molecule has 0 unspecified atom stereocenters. The van der Waals surface area contributed by atoms with Gasteiger partial charge >= 0.3 is 0 Å². The lowest BCUT2D eigenvalue weighted by molar-refractivity contribution is -0.163. The predicted molar refractivity (Wildman–Crippen MR) is 168 cm³/mol. The average molecular weight is 635 g/mol. The van der Waals surface area contributed by atoms with E-state index in [1.165, 1.54) is 0 Å². The van der Waals surface area contributed by atoms with Crippen LogP contribution in [0.2, 0.25) is 0 Å². The second kappa shape index (κ2) is 13.4. The van der Waals surface area contributed by atoms with Crippen molar-refractivity contribution in [3.05, 3.63) is 54.1 Å². The van der Waals surface area contributed by atoms with Crippen LogP contribution in [-0.2, 0) is 26.2 Å². The van der Waals surface area contributed by atoms with Gasteiger partial charge in [-0.05, 0) is 74.6 Å². The molecule has 2 aromatic rings. The number of rotatable bonds is 9. The molecule has 12 heteroatoms. The highest BCUT2D eigenvalue weighted by Crippen LogP contribution is 2.37. The Labute approximate surface area is 260 Å². The third kappa shape index (κ3) is 7.81. The Morgan fingerprint density at radius 2 is 1.53 bits per heavy atom. The Morgan fingerprint density at radius 3 is 2.09 bits per heavy atom. The van der Waals surface area contributed by atoms with Gasteiger partial charge in [-0.2, -0.15) is 0 Å². The van der Waals surface area contributed by atoms with E-state index >= 15 is 0 Å². The summed E-state index contributed by atoms with van der Waals surface area (Å²) >= 11 is 0. The van der Waals surface area contributed by atoms with Crippen molar-refractivity contribution in [3.63, 3.8) is 0 Å². The number of likely N-dealkylation sites (N-methyl/N-ethyl adjacent to an activating group) is 1. The van der Waals surface area contributed by atoms with E-state index in [1.54, 1.807) is 29.2 Å². The topological polar surface area (TPSA) is 128 Å². The van der Waals surface area contributed by atoms with Crippen molar-refractivity contribution in [3.8, 4) is 11.5 Å². The molecule has 5 rings (SSSR count). The number of piperidine rings is 1. The van der Waals surface area contributed by atoms with Crippen molar-refractivity contribution in [1.82, 2.24) is 15.1 Å². The minimum Gasteiger partial charge on any atom is -0.457 e. The van der Waals surface area contributed by atoms with Gasteiger partial charge in [0.15, 0.2) is 0 Å². The number of piperazine rings is 1. The Bertz CT molecular complexity index is 1370.